The topological polar surface area (TPSA) is 96.2 Å². The summed E-state index contributed by atoms with van der Waals surface area (Å²) >= 11 is 0. The highest BCUT2D eigenvalue weighted by Gasteiger charge is 2.43. The number of aromatic nitrogens is 4. The molecular weight excluding hydrogens is 387 g/mol. The van der Waals surface area contributed by atoms with E-state index >= 15 is 0 Å². The molecule has 0 aliphatic carbocycles. The minimum Gasteiger partial charge on any atom is -0.507 e. The van der Waals surface area contributed by atoms with Crippen LogP contribution in [0.5, 0.6) is 5.75 Å². The number of rotatable bonds is 3. The predicted octanol–water partition coefficient (Wildman–Crippen LogP) is 1.76. The number of phenols is 1. The number of nitrogens with one attached hydrogen (secondary N) is 1. The third-order valence-electron chi connectivity index (χ3n) is 6.40. The maximum absolute atomic E-state index is 14.8. The largest absolute Gasteiger partial charge is 0.507 e. The van der Waals surface area contributed by atoms with Crippen LogP contribution in [0.2, 0.25) is 0 Å². The lowest BCUT2D eigenvalue weighted by Gasteiger charge is -2.38. The van der Waals surface area contributed by atoms with Crippen LogP contribution in [0.25, 0.3) is 22.2 Å². The Hall–Kier alpha value is -3.07. The zero-order valence-corrected chi connectivity index (χ0v) is 16.8. The van der Waals surface area contributed by atoms with Gasteiger partial charge in [0.15, 0.2) is 11.6 Å². The number of nitrogens with zero attached hydrogens (tertiary/aromatic N) is 5. The van der Waals surface area contributed by atoms with E-state index in [4.69, 9.17) is 0 Å². The lowest BCUT2D eigenvalue weighted by molar-refractivity contribution is 0.176. The van der Waals surface area contributed by atoms with Gasteiger partial charge in [0.1, 0.15) is 11.9 Å². The molecule has 9 heteroatoms. The van der Waals surface area contributed by atoms with Gasteiger partial charge in [-0.15, -0.1) is 10.2 Å². The first-order valence-electron chi connectivity index (χ1n) is 10.1. The van der Waals surface area contributed by atoms with Crippen LogP contribution in [-0.4, -0.2) is 56.2 Å². The van der Waals surface area contributed by atoms with Gasteiger partial charge in [-0.25, -0.2) is 9.37 Å². The molecule has 2 bridgehead atoms. The van der Waals surface area contributed by atoms with Crippen LogP contribution in [0, 0.1) is 0 Å². The molecule has 2 aliphatic rings. The first kappa shape index (κ1) is 18.9. The van der Waals surface area contributed by atoms with Crippen LogP contribution < -0.4 is 15.8 Å². The van der Waals surface area contributed by atoms with Crippen molar-refractivity contribution >= 4 is 16.6 Å². The Balaban J connectivity index is 1.44. The summed E-state index contributed by atoms with van der Waals surface area (Å²) in [5.41, 5.74) is 0.197. The highest BCUT2D eigenvalue weighted by atomic mass is 19.1. The van der Waals surface area contributed by atoms with Gasteiger partial charge < -0.3 is 19.9 Å². The lowest BCUT2D eigenvalue weighted by atomic mass is 9.96. The summed E-state index contributed by atoms with van der Waals surface area (Å²) in [5.74, 6) is 0.642. The summed E-state index contributed by atoms with van der Waals surface area (Å²) in [6.45, 7) is 0. The highest BCUT2D eigenvalue weighted by Crippen LogP contribution is 2.34. The second-order valence-corrected chi connectivity index (χ2v) is 8.23. The van der Waals surface area contributed by atoms with E-state index in [0.717, 1.165) is 19.3 Å². The lowest BCUT2D eigenvalue weighted by Crippen LogP contribution is -2.55. The number of phenolic OH excluding ortho intramolecular Hbond substituents is 1. The van der Waals surface area contributed by atoms with Crippen LogP contribution in [0.4, 0.5) is 10.2 Å². The smallest absolute Gasteiger partial charge is 0.258 e. The number of hydrogen-bond acceptors (Lipinski definition) is 7. The summed E-state index contributed by atoms with van der Waals surface area (Å²) < 4.78 is 16.3. The number of alkyl halides is 1. The van der Waals surface area contributed by atoms with E-state index in [9.17, 15) is 14.3 Å². The molecule has 30 heavy (non-hydrogen) atoms. The van der Waals surface area contributed by atoms with Crippen molar-refractivity contribution in [2.24, 2.45) is 7.05 Å². The first-order valence-corrected chi connectivity index (χ1v) is 10.1. The Bertz CT molecular complexity index is 1160. The fourth-order valence-electron chi connectivity index (χ4n) is 4.63. The molecule has 1 aromatic carbocycles. The van der Waals surface area contributed by atoms with Crippen molar-refractivity contribution in [1.82, 2.24) is 25.1 Å². The summed E-state index contributed by atoms with van der Waals surface area (Å²) in [6.07, 6.45) is 4.83. The van der Waals surface area contributed by atoms with Gasteiger partial charge in [0, 0.05) is 32.4 Å². The normalized spacial score (nSPS) is 25.6. The van der Waals surface area contributed by atoms with Gasteiger partial charge in [0.2, 0.25) is 0 Å². The fraction of sp³-hybridized carbons (Fsp3) is 0.429. The molecule has 0 amide bonds. The molecule has 0 saturated carbocycles. The molecule has 2 fully saturated rings. The molecule has 8 nitrogen and oxygen atoms in total. The van der Waals surface area contributed by atoms with Crippen LogP contribution in [0.3, 0.4) is 0 Å². The molecule has 5 rings (SSSR count). The van der Waals surface area contributed by atoms with Gasteiger partial charge in [-0.05, 0) is 42.8 Å². The van der Waals surface area contributed by atoms with E-state index in [2.05, 4.69) is 20.5 Å². The van der Waals surface area contributed by atoms with Gasteiger partial charge >= 0.3 is 0 Å². The van der Waals surface area contributed by atoms with Crippen LogP contribution in [-0.2, 0) is 7.05 Å². The number of halogens is 1. The van der Waals surface area contributed by atoms with E-state index < -0.39 is 6.17 Å². The van der Waals surface area contributed by atoms with Crippen molar-refractivity contribution in [3.05, 3.63) is 40.9 Å². The molecular formula is C21H23FN6O2. The second-order valence-electron chi connectivity index (χ2n) is 8.23. The van der Waals surface area contributed by atoms with Crippen molar-refractivity contribution in [2.75, 3.05) is 11.9 Å². The average Bonchev–Trinajstić information content (AvgIpc) is 3.17. The minimum absolute atomic E-state index is 0.0903. The Morgan fingerprint density at radius 3 is 2.90 bits per heavy atom. The summed E-state index contributed by atoms with van der Waals surface area (Å²) in [7, 11) is 3.47. The van der Waals surface area contributed by atoms with Crippen molar-refractivity contribution in [1.29, 1.82) is 0 Å². The quantitative estimate of drug-likeness (QED) is 0.679. The second kappa shape index (κ2) is 7.02. The molecule has 2 aliphatic heterocycles. The Kier molecular flexibility index (Phi) is 4.43. The van der Waals surface area contributed by atoms with E-state index in [-0.39, 0.29) is 29.2 Å². The van der Waals surface area contributed by atoms with Gasteiger partial charge in [-0.2, -0.15) is 0 Å². The zero-order valence-electron chi connectivity index (χ0n) is 16.8. The van der Waals surface area contributed by atoms with Crippen LogP contribution in [0.1, 0.15) is 19.3 Å². The average molecular weight is 410 g/mol. The maximum atomic E-state index is 14.8. The van der Waals surface area contributed by atoms with E-state index in [1.165, 1.54) is 10.6 Å². The third kappa shape index (κ3) is 3.00. The molecule has 4 heterocycles. The Labute approximate surface area is 172 Å². The summed E-state index contributed by atoms with van der Waals surface area (Å²) in [4.78, 5) is 18.4. The number of hydrogen-bond donors (Lipinski definition) is 2. The number of aryl methyl sites for hydroxylation is 1. The molecule has 156 valence electrons. The SMILES string of the molecule is CN(c1cnc(-c2cc3ccn(C)c(=O)c3cc2O)nn1)[C@H]1CC2CCC(N2)[C@H]1F. The standard InChI is InChI=1S/C21H23FN6O2/c1-27-6-5-11-7-14(17(29)9-13(11)21(27)30)20-23-10-18(25-26-20)28(2)16-8-12-3-4-15(24-12)19(16)22/h5-7,9-10,12,15-16,19,24,29H,3-4,8H2,1-2H3/t12?,15?,16-,19+/m0/s1. The van der Waals surface area contributed by atoms with E-state index in [1.807, 2.05) is 11.9 Å². The first-order chi connectivity index (χ1) is 14.4. The number of benzene rings is 1. The molecule has 0 radical (unpaired) electrons. The Morgan fingerprint density at radius 1 is 1.30 bits per heavy atom. The third-order valence-corrected chi connectivity index (χ3v) is 6.40. The van der Waals surface area contributed by atoms with Crippen molar-refractivity contribution in [2.45, 2.75) is 43.6 Å². The monoisotopic (exact) mass is 410 g/mol. The Morgan fingerprint density at radius 2 is 2.13 bits per heavy atom. The summed E-state index contributed by atoms with van der Waals surface area (Å²) in [5, 5.41) is 23.3. The van der Waals surface area contributed by atoms with Gasteiger partial charge in [-0.3, -0.25) is 4.79 Å². The molecule has 2 saturated heterocycles. The number of pyridine rings is 1. The van der Waals surface area contributed by atoms with Crippen molar-refractivity contribution < 1.29 is 9.50 Å². The van der Waals surface area contributed by atoms with E-state index in [0.29, 0.717) is 28.2 Å². The van der Waals surface area contributed by atoms with Gasteiger partial charge in [0.05, 0.1) is 23.2 Å². The van der Waals surface area contributed by atoms with Crippen molar-refractivity contribution in [3.63, 3.8) is 0 Å². The number of anilines is 1. The molecule has 0 spiro atoms. The van der Waals surface area contributed by atoms with E-state index in [1.54, 1.807) is 31.6 Å². The van der Waals surface area contributed by atoms with Gasteiger partial charge in [0.25, 0.3) is 5.56 Å². The van der Waals surface area contributed by atoms with Crippen LogP contribution in [0.15, 0.2) is 35.4 Å². The molecule has 4 atom stereocenters. The number of piperidine rings is 1. The predicted molar refractivity (Wildman–Crippen MR) is 111 cm³/mol. The number of aromatic hydroxyl groups is 1. The van der Waals surface area contributed by atoms with Crippen LogP contribution >= 0.6 is 0 Å². The molecule has 2 aromatic heterocycles. The van der Waals surface area contributed by atoms with Gasteiger partial charge in [-0.1, -0.05) is 0 Å². The highest BCUT2D eigenvalue weighted by molar-refractivity contribution is 5.88. The summed E-state index contributed by atoms with van der Waals surface area (Å²) in [6, 6.07) is 4.87. The molecule has 2 unspecified atom stereocenters. The fourth-order valence-corrected chi connectivity index (χ4v) is 4.63. The molecule has 2 N–H and O–H groups in total. The zero-order chi connectivity index (χ0) is 21.0. The van der Waals surface area contributed by atoms with Crippen molar-refractivity contribution in [3.8, 4) is 17.1 Å². The number of fused-ring (bicyclic) bond motifs is 3. The molecule has 3 aromatic rings. The maximum Gasteiger partial charge on any atom is 0.258 e. The minimum atomic E-state index is -0.970.